The molecule has 0 unspecified atom stereocenters. The summed E-state index contributed by atoms with van der Waals surface area (Å²) in [6.07, 6.45) is 4.59. The molecule has 0 heterocycles. The van der Waals surface area contributed by atoms with E-state index in [9.17, 15) is 13.2 Å². The molecule has 1 amide bonds. The second-order valence-electron chi connectivity index (χ2n) is 7.21. The molecule has 29 heavy (non-hydrogen) atoms. The van der Waals surface area contributed by atoms with Crippen LogP contribution < -0.4 is 14.8 Å². The van der Waals surface area contributed by atoms with E-state index in [1.54, 1.807) is 42.5 Å². The molecular weight excluding hydrogens is 388 g/mol. The molecule has 2 aromatic carbocycles. The van der Waals surface area contributed by atoms with Crippen LogP contribution in [0.5, 0.6) is 5.75 Å². The molecule has 0 atom stereocenters. The first-order valence-electron chi connectivity index (χ1n) is 10.1. The van der Waals surface area contributed by atoms with Crippen molar-refractivity contribution in [2.75, 3.05) is 13.2 Å². The van der Waals surface area contributed by atoms with Gasteiger partial charge in [-0.2, -0.15) is 0 Å². The Morgan fingerprint density at radius 3 is 2.52 bits per heavy atom. The standard InChI is InChI=1S/C22H28N2O4S/c1-2-28-20-9-5-6-18(16-20)22(25)23-15-14-17-10-12-21(13-11-17)29(26,27)24-19-7-3-4-8-19/h5-6,9-13,16,19,24H,2-4,7-8,14-15H2,1H3,(H,23,25). The largest absolute Gasteiger partial charge is 0.494 e. The van der Waals surface area contributed by atoms with Crippen LogP contribution >= 0.6 is 0 Å². The van der Waals surface area contributed by atoms with Gasteiger partial charge in [0.1, 0.15) is 5.75 Å². The van der Waals surface area contributed by atoms with Crippen LogP contribution in [0.2, 0.25) is 0 Å². The molecule has 0 radical (unpaired) electrons. The van der Waals surface area contributed by atoms with Crippen molar-refractivity contribution in [3.05, 3.63) is 59.7 Å². The van der Waals surface area contributed by atoms with E-state index in [0.717, 1.165) is 31.2 Å². The Morgan fingerprint density at radius 2 is 1.83 bits per heavy atom. The van der Waals surface area contributed by atoms with Gasteiger partial charge in [0.25, 0.3) is 5.91 Å². The van der Waals surface area contributed by atoms with Crippen LogP contribution in [0.1, 0.15) is 48.5 Å². The van der Waals surface area contributed by atoms with Crippen LogP contribution in [0, 0.1) is 0 Å². The molecule has 1 fully saturated rings. The summed E-state index contributed by atoms with van der Waals surface area (Å²) >= 11 is 0. The first-order valence-corrected chi connectivity index (χ1v) is 11.6. The van der Waals surface area contributed by atoms with E-state index in [2.05, 4.69) is 10.0 Å². The molecular formula is C22H28N2O4S. The lowest BCUT2D eigenvalue weighted by molar-refractivity contribution is 0.0953. The summed E-state index contributed by atoms with van der Waals surface area (Å²) in [6.45, 7) is 2.91. The highest BCUT2D eigenvalue weighted by atomic mass is 32.2. The van der Waals surface area contributed by atoms with Gasteiger partial charge in [0.15, 0.2) is 0 Å². The highest BCUT2D eigenvalue weighted by molar-refractivity contribution is 7.89. The maximum Gasteiger partial charge on any atom is 0.251 e. The molecule has 156 valence electrons. The summed E-state index contributed by atoms with van der Waals surface area (Å²) in [4.78, 5) is 12.6. The second kappa shape index (κ2) is 9.89. The maximum atomic E-state index is 12.5. The molecule has 7 heteroatoms. The summed E-state index contributed by atoms with van der Waals surface area (Å²) in [5.74, 6) is 0.509. The van der Waals surface area contributed by atoms with Gasteiger partial charge < -0.3 is 10.1 Å². The fourth-order valence-electron chi connectivity index (χ4n) is 3.48. The smallest absolute Gasteiger partial charge is 0.251 e. The minimum Gasteiger partial charge on any atom is -0.494 e. The van der Waals surface area contributed by atoms with Gasteiger partial charge in [-0.1, -0.05) is 31.0 Å². The predicted molar refractivity (Wildman–Crippen MR) is 113 cm³/mol. The lowest BCUT2D eigenvalue weighted by Gasteiger charge is -2.13. The molecule has 1 aliphatic rings. The predicted octanol–water partition coefficient (Wildman–Crippen LogP) is 3.28. The average Bonchev–Trinajstić information content (AvgIpc) is 3.21. The summed E-state index contributed by atoms with van der Waals surface area (Å²) in [7, 11) is -3.47. The first kappa shape index (κ1) is 21.3. The third-order valence-corrected chi connectivity index (χ3v) is 6.55. The number of nitrogens with one attached hydrogen (secondary N) is 2. The van der Waals surface area contributed by atoms with Crippen LogP contribution in [0.4, 0.5) is 0 Å². The number of amides is 1. The number of hydrogen-bond acceptors (Lipinski definition) is 4. The molecule has 2 aromatic rings. The SMILES string of the molecule is CCOc1cccc(C(=O)NCCc2ccc(S(=O)(=O)NC3CCCC3)cc2)c1. The highest BCUT2D eigenvalue weighted by Gasteiger charge is 2.22. The molecule has 3 rings (SSSR count). The third kappa shape index (κ3) is 6.05. The zero-order chi connectivity index (χ0) is 20.7. The van der Waals surface area contributed by atoms with Gasteiger partial charge in [0.2, 0.25) is 10.0 Å². The third-order valence-electron chi connectivity index (χ3n) is 5.02. The van der Waals surface area contributed by atoms with Crippen molar-refractivity contribution >= 4 is 15.9 Å². The van der Waals surface area contributed by atoms with Crippen molar-refractivity contribution in [1.82, 2.24) is 10.0 Å². The number of benzene rings is 2. The van der Waals surface area contributed by atoms with E-state index in [1.807, 2.05) is 13.0 Å². The second-order valence-corrected chi connectivity index (χ2v) is 8.93. The molecule has 0 saturated heterocycles. The van der Waals surface area contributed by atoms with Crippen molar-refractivity contribution in [1.29, 1.82) is 0 Å². The average molecular weight is 417 g/mol. The van der Waals surface area contributed by atoms with Gasteiger partial charge in [-0.05, 0) is 62.1 Å². The van der Waals surface area contributed by atoms with Gasteiger partial charge in [-0.3, -0.25) is 4.79 Å². The number of rotatable bonds is 9. The number of hydrogen-bond donors (Lipinski definition) is 2. The van der Waals surface area contributed by atoms with Crippen LogP contribution in [-0.4, -0.2) is 33.5 Å². The van der Waals surface area contributed by atoms with Gasteiger partial charge in [0, 0.05) is 18.2 Å². The Hall–Kier alpha value is -2.38. The van der Waals surface area contributed by atoms with Crippen LogP contribution in [0.3, 0.4) is 0 Å². The van der Waals surface area contributed by atoms with Gasteiger partial charge in [0.05, 0.1) is 11.5 Å². The summed E-state index contributed by atoms with van der Waals surface area (Å²) in [5.41, 5.74) is 1.52. The topological polar surface area (TPSA) is 84.5 Å². The molecule has 1 aliphatic carbocycles. The molecule has 0 aliphatic heterocycles. The van der Waals surface area contributed by atoms with E-state index in [0.29, 0.717) is 30.9 Å². The maximum absolute atomic E-state index is 12.5. The van der Waals surface area contributed by atoms with E-state index in [1.165, 1.54) is 0 Å². The van der Waals surface area contributed by atoms with Crippen molar-refractivity contribution in [2.45, 2.75) is 50.0 Å². The lowest BCUT2D eigenvalue weighted by atomic mass is 10.1. The van der Waals surface area contributed by atoms with Crippen LogP contribution in [0.25, 0.3) is 0 Å². The zero-order valence-corrected chi connectivity index (χ0v) is 17.5. The molecule has 1 saturated carbocycles. The van der Waals surface area contributed by atoms with Gasteiger partial charge >= 0.3 is 0 Å². The number of carbonyl (C=O) groups is 1. The molecule has 0 bridgehead atoms. The Kier molecular flexibility index (Phi) is 7.28. The fourth-order valence-corrected chi connectivity index (χ4v) is 4.79. The fraction of sp³-hybridized carbons (Fsp3) is 0.409. The van der Waals surface area contributed by atoms with Crippen molar-refractivity contribution in [2.24, 2.45) is 0 Å². The zero-order valence-electron chi connectivity index (χ0n) is 16.7. The van der Waals surface area contributed by atoms with E-state index < -0.39 is 10.0 Å². The van der Waals surface area contributed by atoms with Crippen molar-refractivity contribution in [3.63, 3.8) is 0 Å². The Balaban J connectivity index is 1.51. The Morgan fingerprint density at radius 1 is 1.10 bits per heavy atom. The van der Waals surface area contributed by atoms with Crippen LogP contribution in [0.15, 0.2) is 53.4 Å². The number of ether oxygens (including phenoxy) is 1. The summed E-state index contributed by atoms with van der Waals surface area (Å²) in [6, 6.07) is 14.0. The quantitative estimate of drug-likeness (QED) is 0.657. The molecule has 2 N–H and O–H groups in total. The number of carbonyl (C=O) groups excluding carboxylic acids is 1. The summed E-state index contributed by atoms with van der Waals surface area (Å²) < 4.78 is 33.1. The Labute approximate surface area is 172 Å². The van der Waals surface area contributed by atoms with Gasteiger partial charge in [-0.25, -0.2) is 13.1 Å². The highest BCUT2D eigenvalue weighted by Crippen LogP contribution is 2.20. The lowest BCUT2D eigenvalue weighted by Crippen LogP contribution is -2.32. The monoisotopic (exact) mass is 416 g/mol. The summed E-state index contributed by atoms with van der Waals surface area (Å²) in [5, 5.41) is 2.88. The van der Waals surface area contributed by atoms with E-state index >= 15 is 0 Å². The minimum absolute atomic E-state index is 0.0520. The molecule has 6 nitrogen and oxygen atoms in total. The van der Waals surface area contributed by atoms with Crippen LogP contribution in [-0.2, 0) is 16.4 Å². The van der Waals surface area contributed by atoms with Crippen molar-refractivity contribution in [3.8, 4) is 5.75 Å². The minimum atomic E-state index is -3.47. The molecule has 0 aromatic heterocycles. The van der Waals surface area contributed by atoms with Crippen molar-refractivity contribution < 1.29 is 17.9 Å². The Bertz CT molecular complexity index is 920. The molecule has 0 spiro atoms. The normalized spacial score (nSPS) is 14.7. The van der Waals surface area contributed by atoms with E-state index in [-0.39, 0.29) is 16.8 Å². The van der Waals surface area contributed by atoms with E-state index in [4.69, 9.17) is 4.74 Å². The first-order chi connectivity index (χ1) is 14.0. The van der Waals surface area contributed by atoms with Gasteiger partial charge in [-0.15, -0.1) is 0 Å². The number of sulfonamides is 1.